The molecule has 3 aromatic rings. The van der Waals surface area contributed by atoms with Crippen molar-refractivity contribution >= 4 is 34.1 Å². The topological polar surface area (TPSA) is 78.3 Å². The molecule has 2 N–H and O–H groups in total. The summed E-state index contributed by atoms with van der Waals surface area (Å²) in [6, 6.07) is 9.77. The van der Waals surface area contributed by atoms with Crippen LogP contribution in [0.5, 0.6) is 0 Å². The van der Waals surface area contributed by atoms with Gasteiger partial charge in [0.2, 0.25) is 0 Å². The van der Waals surface area contributed by atoms with Crippen LogP contribution < -0.4 is 10.2 Å². The van der Waals surface area contributed by atoms with Crippen LogP contribution in [-0.4, -0.2) is 34.1 Å². The molecule has 0 radical (unpaired) electrons. The number of nitrogens with zero attached hydrogens (tertiary/aromatic N) is 3. The van der Waals surface area contributed by atoms with Crippen molar-refractivity contribution in [3.63, 3.8) is 0 Å². The second-order valence-electron chi connectivity index (χ2n) is 7.95. The smallest absolute Gasteiger partial charge is 0.339 e. The van der Waals surface area contributed by atoms with Gasteiger partial charge in [-0.15, -0.1) is 0 Å². The molecule has 0 bridgehead atoms. The lowest BCUT2D eigenvalue weighted by atomic mass is 10.1. The van der Waals surface area contributed by atoms with Crippen molar-refractivity contribution in [2.24, 2.45) is 0 Å². The second-order valence-corrected chi connectivity index (χ2v) is 7.95. The van der Waals surface area contributed by atoms with Crippen molar-refractivity contribution in [3.05, 3.63) is 53.9 Å². The summed E-state index contributed by atoms with van der Waals surface area (Å²) in [5.74, 6) is 0.885. The fourth-order valence-corrected chi connectivity index (χ4v) is 4.17. The number of aromatic nitrogens is 2. The molecule has 1 aromatic carbocycles. The van der Waals surface area contributed by atoms with Crippen LogP contribution >= 0.6 is 0 Å². The molecule has 2 aliphatic rings. The number of anilines is 3. The molecule has 6 heteroatoms. The summed E-state index contributed by atoms with van der Waals surface area (Å²) >= 11 is 0. The number of nitrogens with one attached hydrogen (secondary N) is 1. The van der Waals surface area contributed by atoms with E-state index in [0.29, 0.717) is 11.7 Å². The number of benzene rings is 1. The highest BCUT2D eigenvalue weighted by Crippen LogP contribution is 2.41. The zero-order valence-corrected chi connectivity index (χ0v) is 16.3. The van der Waals surface area contributed by atoms with E-state index in [9.17, 15) is 9.90 Å². The second kappa shape index (κ2) is 7.35. The zero-order chi connectivity index (χ0) is 19.8. The van der Waals surface area contributed by atoms with Gasteiger partial charge in [0.25, 0.3) is 0 Å². The molecule has 1 aliphatic heterocycles. The maximum absolute atomic E-state index is 11.8. The molecule has 0 spiro atoms. The SMILES string of the molecule is O=C(O)c1cc(C2CC2)cnc1Nc1cccc2c(N3CCCCC3)nccc12. The Morgan fingerprint density at radius 1 is 1.07 bits per heavy atom. The van der Waals surface area contributed by atoms with Gasteiger partial charge < -0.3 is 15.3 Å². The van der Waals surface area contributed by atoms with Crippen LogP contribution in [0.15, 0.2) is 42.7 Å². The Balaban J connectivity index is 1.53. The average Bonchev–Trinajstić information content (AvgIpc) is 3.60. The maximum atomic E-state index is 11.8. The van der Waals surface area contributed by atoms with Crippen LogP contribution in [0, 0.1) is 0 Å². The number of piperidine rings is 1. The van der Waals surface area contributed by atoms with E-state index in [0.717, 1.165) is 53.8 Å². The van der Waals surface area contributed by atoms with E-state index in [1.165, 1.54) is 19.3 Å². The van der Waals surface area contributed by atoms with Crippen molar-refractivity contribution < 1.29 is 9.90 Å². The average molecular weight is 388 g/mol. The molecule has 1 saturated heterocycles. The molecule has 0 amide bonds. The predicted molar refractivity (Wildman–Crippen MR) is 114 cm³/mol. The number of aromatic carboxylic acids is 1. The van der Waals surface area contributed by atoms with Gasteiger partial charge in [-0.1, -0.05) is 12.1 Å². The molecule has 0 atom stereocenters. The van der Waals surface area contributed by atoms with Gasteiger partial charge in [0, 0.05) is 41.9 Å². The van der Waals surface area contributed by atoms with Gasteiger partial charge in [0.05, 0.1) is 0 Å². The van der Waals surface area contributed by atoms with Crippen molar-refractivity contribution in [1.82, 2.24) is 9.97 Å². The van der Waals surface area contributed by atoms with Gasteiger partial charge in [-0.2, -0.15) is 0 Å². The van der Waals surface area contributed by atoms with E-state index < -0.39 is 5.97 Å². The molecule has 29 heavy (non-hydrogen) atoms. The summed E-state index contributed by atoms with van der Waals surface area (Å²) in [7, 11) is 0. The first-order valence-electron chi connectivity index (χ1n) is 10.3. The van der Waals surface area contributed by atoms with Gasteiger partial charge >= 0.3 is 5.97 Å². The molecule has 3 heterocycles. The summed E-state index contributed by atoms with van der Waals surface area (Å²) in [6.07, 6.45) is 9.52. The van der Waals surface area contributed by atoms with Crippen LogP contribution in [0.25, 0.3) is 10.8 Å². The first kappa shape index (κ1) is 17.9. The lowest BCUT2D eigenvalue weighted by Gasteiger charge is -2.28. The molecule has 1 aliphatic carbocycles. The Hall–Kier alpha value is -3.15. The number of pyridine rings is 2. The normalized spacial score (nSPS) is 16.8. The molecular weight excluding hydrogens is 364 g/mol. The summed E-state index contributed by atoms with van der Waals surface area (Å²) in [4.78, 5) is 23.3. The minimum absolute atomic E-state index is 0.219. The van der Waals surface area contributed by atoms with Gasteiger partial charge in [-0.3, -0.25) is 0 Å². The van der Waals surface area contributed by atoms with E-state index in [1.807, 2.05) is 24.4 Å². The number of rotatable bonds is 5. The van der Waals surface area contributed by atoms with Crippen LogP contribution in [0.4, 0.5) is 17.3 Å². The highest BCUT2D eigenvalue weighted by Gasteiger charge is 2.26. The van der Waals surface area contributed by atoms with Crippen molar-refractivity contribution in [2.45, 2.75) is 38.0 Å². The van der Waals surface area contributed by atoms with E-state index in [-0.39, 0.29) is 5.56 Å². The van der Waals surface area contributed by atoms with E-state index in [2.05, 4.69) is 26.3 Å². The summed E-state index contributed by atoms with van der Waals surface area (Å²) in [5.41, 5.74) is 2.08. The Labute approximate surface area is 169 Å². The fourth-order valence-electron chi connectivity index (χ4n) is 4.17. The Kier molecular flexibility index (Phi) is 4.54. The van der Waals surface area contributed by atoms with Crippen molar-refractivity contribution in [2.75, 3.05) is 23.3 Å². The van der Waals surface area contributed by atoms with E-state index >= 15 is 0 Å². The van der Waals surface area contributed by atoms with Crippen LogP contribution in [-0.2, 0) is 0 Å². The van der Waals surface area contributed by atoms with Crippen LogP contribution in [0.2, 0.25) is 0 Å². The molecule has 5 rings (SSSR count). The first-order valence-corrected chi connectivity index (χ1v) is 10.3. The number of carboxylic acids is 1. The van der Waals surface area contributed by atoms with Crippen LogP contribution in [0.1, 0.15) is 53.9 Å². The third kappa shape index (κ3) is 3.50. The maximum Gasteiger partial charge on any atom is 0.339 e. The monoisotopic (exact) mass is 388 g/mol. The Bertz CT molecular complexity index is 1070. The molecule has 6 nitrogen and oxygen atoms in total. The highest BCUT2D eigenvalue weighted by molar-refractivity contribution is 6.02. The van der Waals surface area contributed by atoms with E-state index in [4.69, 9.17) is 0 Å². The largest absolute Gasteiger partial charge is 0.478 e. The number of hydrogen-bond acceptors (Lipinski definition) is 5. The lowest BCUT2D eigenvalue weighted by Crippen LogP contribution is -2.30. The van der Waals surface area contributed by atoms with Gasteiger partial charge in [-0.05, 0) is 61.8 Å². The van der Waals surface area contributed by atoms with Gasteiger partial charge in [0.15, 0.2) is 0 Å². The molecule has 148 valence electrons. The van der Waals surface area contributed by atoms with Crippen molar-refractivity contribution in [1.29, 1.82) is 0 Å². The van der Waals surface area contributed by atoms with Crippen molar-refractivity contribution in [3.8, 4) is 0 Å². The number of hydrogen-bond donors (Lipinski definition) is 2. The molecule has 2 aromatic heterocycles. The highest BCUT2D eigenvalue weighted by atomic mass is 16.4. The Morgan fingerprint density at radius 2 is 1.90 bits per heavy atom. The first-order chi connectivity index (χ1) is 14.2. The molecule has 2 fully saturated rings. The zero-order valence-electron chi connectivity index (χ0n) is 16.3. The minimum Gasteiger partial charge on any atom is -0.478 e. The van der Waals surface area contributed by atoms with E-state index in [1.54, 1.807) is 12.3 Å². The number of fused-ring (bicyclic) bond motifs is 1. The quantitative estimate of drug-likeness (QED) is 0.645. The third-order valence-corrected chi connectivity index (χ3v) is 5.88. The molecular formula is C23H24N4O2. The van der Waals surface area contributed by atoms with Gasteiger partial charge in [0.1, 0.15) is 17.2 Å². The lowest BCUT2D eigenvalue weighted by molar-refractivity contribution is 0.0697. The summed E-state index contributed by atoms with van der Waals surface area (Å²) in [6.45, 7) is 2.05. The summed E-state index contributed by atoms with van der Waals surface area (Å²) < 4.78 is 0. The minimum atomic E-state index is -0.960. The summed E-state index contributed by atoms with van der Waals surface area (Å²) in [5, 5.41) is 15.1. The van der Waals surface area contributed by atoms with Gasteiger partial charge in [-0.25, -0.2) is 14.8 Å². The fraction of sp³-hybridized carbons (Fsp3) is 0.348. The molecule has 1 saturated carbocycles. The number of carboxylic acid groups (broad SMARTS) is 1. The third-order valence-electron chi connectivity index (χ3n) is 5.88. The number of carbonyl (C=O) groups is 1. The standard InChI is InChI=1S/C23H24N4O2/c28-23(29)19-13-16(15-7-8-15)14-25-21(19)26-20-6-4-5-18-17(20)9-10-24-22(18)27-11-2-1-3-12-27/h4-6,9-10,13-15H,1-3,7-8,11-12H2,(H,25,26)(H,28,29). The van der Waals surface area contributed by atoms with Crippen LogP contribution in [0.3, 0.4) is 0 Å². The molecule has 0 unspecified atom stereocenters. The predicted octanol–water partition coefficient (Wildman–Crippen LogP) is 4.94. The Morgan fingerprint density at radius 3 is 2.66 bits per heavy atom.